The van der Waals surface area contributed by atoms with Crippen LogP contribution in [0.2, 0.25) is 5.02 Å². The molecule has 0 aliphatic heterocycles. The van der Waals surface area contributed by atoms with E-state index in [-0.39, 0.29) is 18.2 Å². The summed E-state index contributed by atoms with van der Waals surface area (Å²) in [6.07, 6.45) is 0.561. The molecule has 0 aliphatic rings. The van der Waals surface area contributed by atoms with Gasteiger partial charge in [0, 0.05) is 17.6 Å². The highest BCUT2D eigenvalue weighted by Gasteiger charge is 2.06. The number of non-ortho nitro benzene ring substituents is 1. The van der Waals surface area contributed by atoms with Crippen molar-refractivity contribution < 1.29 is 19.2 Å². The summed E-state index contributed by atoms with van der Waals surface area (Å²) in [4.78, 5) is 21.9. The minimum Gasteiger partial charge on any atom is -0.493 e. The number of benzene rings is 2. The number of nitro benzene ring substituents is 1. The van der Waals surface area contributed by atoms with Gasteiger partial charge in [-0.3, -0.25) is 14.9 Å². The molecule has 1 N–H and O–H groups in total. The van der Waals surface area contributed by atoms with Gasteiger partial charge >= 0.3 is 0 Å². The van der Waals surface area contributed by atoms with Crippen molar-refractivity contribution in [2.45, 2.75) is 6.42 Å². The summed E-state index contributed by atoms with van der Waals surface area (Å²) in [5, 5.41) is 13.9. The molecule has 132 valence electrons. The van der Waals surface area contributed by atoms with Crippen LogP contribution in [0.3, 0.4) is 0 Å². The Morgan fingerprint density at radius 2 is 1.84 bits per heavy atom. The molecule has 0 aromatic heterocycles. The second-order valence-electron chi connectivity index (χ2n) is 5.05. The molecule has 0 unspecified atom stereocenters. The zero-order valence-electron chi connectivity index (χ0n) is 13.3. The van der Waals surface area contributed by atoms with Crippen LogP contribution in [0.15, 0.2) is 48.5 Å². The third-order valence-corrected chi connectivity index (χ3v) is 3.34. The third kappa shape index (κ3) is 6.68. The maximum Gasteiger partial charge on any atom is 0.273 e. The van der Waals surface area contributed by atoms with Crippen molar-refractivity contribution in [2.75, 3.05) is 19.8 Å². The quantitative estimate of drug-likeness (QED) is 0.419. The van der Waals surface area contributed by atoms with Crippen LogP contribution >= 0.6 is 11.6 Å². The smallest absolute Gasteiger partial charge is 0.273 e. The van der Waals surface area contributed by atoms with E-state index in [4.69, 9.17) is 21.1 Å². The molecule has 2 aromatic carbocycles. The Labute approximate surface area is 149 Å². The molecule has 2 aromatic rings. The van der Waals surface area contributed by atoms with Crippen molar-refractivity contribution in [3.63, 3.8) is 0 Å². The first-order chi connectivity index (χ1) is 12.0. The van der Waals surface area contributed by atoms with Gasteiger partial charge < -0.3 is 14.8 Å². The number of nitro groups is 1. The fourth-order valence-electron chi connectivity index (χ4n) is 1.93. The molecule has 0 radical (unpaired) electrons. The number of nitrogens with one attached hydrogen (secondary N) is 1. The summed E-state index contributed by atoms with van der Waals surface area (Å²) in [5.41, 5.74) is -0.0241. The molecule has 0 aliphatic carbocycles. The van der Waals surface area contributed by atoms with Crippen LogP contribution in [-0.2, 0) is 4.79 Å². The Morgan fingerprint density at radius 1 is 1.12 bits per heavy atom. The van der Waals surface area contributed by atoms with E-state index in [0.29, 0.717) is 36.1 Å². The third-order valence-electron chi connectivity index (χ3n) is 3.11. The number of carbonyl (C=O) groups excluding carboxylic acids is 1. The summed E-state index contributed by atoms with van der Waals surface area (Å²) >= 11 is 5.82. The van der Waals surface area contributed by atoms with E-state index in [9.17, 15) is 14.9 Å². The lowest BCUT2D eigenvalue weighted by atomic mass is 10.3. The van der Waals surface area contributed by atoms with Crippen LogP contribution in [0.25, 0.3) is 0 Å². The number of hydrogen-bond acceptors (Lipinski definition) is 5. The molecule has 0 bridgehead atoms. The lowest BCUT2D eigenvalue weighted by Crippen LogP contribution is -2.30. The number of hydrogen-bond donors (Lipinski definition) is 1. The molecule has 0 fully saturated rings. The van der Waals surface area contributed by atoms with Gasteiger partial charge in [0.25, 0.3) is 11.6 Å². The summed E-state index contributed by atoms with van der Waals surface area (Å²) < 4.78 is 10.7. The zero-order valence-corrected chi connectivity index (χ0v) is 14.1. The predicted octanol–water partition coefficient (Wildman–Crippen LogP) is 3.21. The van der Waals surface area contributed by atoms with Crippen LogP contribution in [-0.4, -0.2) is 30.6 Å². The molecular weight excluding hydrogens is 348 g/mol. The van der Waals surface area contributed by atoms with E-state index in [1.165, 1.54) is 12.1 Å². The number of amides is 1. The average Bonchev–Trinajstić information content (AvgIpc) is 2.60. The molecule has 0 saturated carbocycles. The van der Waals surface area contributed by atoms with E-state index >= 15 is 0 Å². The standard InChI is InChI=1S/C17H17ClN2O5/c18-13-4-1-6-15(10-13)25-12-17(21)19-8-3-9-24-16-7-2-5-14(11-16)20(22)23/h1-2,4-7,10-11H,3,8-9,12H2,(H,19,21). The summed E-state index contributed by atoms with van der Waals surface area (Å²) in [6, 6.07) is 12.8. The normalized spacial score (nSPS) is 10.1. The van der Waals surface area contributed by atoms with E-state index < -0.39 is 4.92 Å². The Kier molecular flexibility index (Phi) is 7.03. The fourth-order valence-corrected chi connectivity index (χ4v) is 2.11. The first-order valence-corrected chi connectivity index (χ1v) is 7.95. The molecule has 0 saturated heterocycles. The zero-order chi connectivity index (χ0) is 18.1. The highest BCUT2D eigenvalue weighted by atomic mass is 35.5. The van der Waals surface area contributed by atoms with Gasteiger partial charge in [0.05, 0.1) is 17.6 Å². The van der Waals surface area contributed by atoms with Gasteiger partial charge in [-0.2, -0.15) is 0 Å². The van der Waals surface area contributed by atoms with Gasteiger partial charge in [-0.15, -0.1) is 0 Å². The molecular formula is C17H17ClN2O5. The maximum absolute atomic E-state index is 11.7. The molecule has 0 spiro atoms. The number of ether oxygens (including phenoxy) is 2. The monoisotopic (exact) mass is 364 g/mol. The lowest BCUT2D eigenvalue weighted by molar-refractivity contribution is -0.384. The number of carbonyl (C=O) groups is 1. The van der Waals surface area contributed by atoms with Crippen molar-refractivity contribution in [3.8, 4) is 11.5 Å². The Balaban J connectivity index is 1.61. The molecule has 2 rings (SSSR count). The van der Waals surface area contributed by atoms with Crippen molar-refractivity contribution in [1.82, 2.24) is 5.32 Å². The highest BCUT2D eigenvalue weighted by molar-refractivity contribution is 6.30. The first kappa shape index (κ1) is 18.5. The predicted molar refractivity (Wildman–Crippen MR) is 93.2 cm³/mol. The number of rotatable bonds is 9. The van der Waals surface area contributed by atoms with Crippen molar-refractivity contribution in [1.29, 1.82) is 0 Å². The van der Waals surface area contributed by atoms with E-state index in [1.807, 2.05) is 0 Å². The Hall–Kier alpha value is -2.80. The van der Waals surface area contributed by atoms with E-state index in [2.05, 4.69) is 5.32 Å². The largest absolute Gasteiger partial charge is 0.493 e. The van der Waals surface area contributed by atoms with E-state index in [0.717, 1.165) is 0 Å². The Bertz CT molecular complexity index is 738. The minimum absolute atomic E-state index is 0.0241. The average molecular weight is 365 g/mol. The molecule has 25 heavy (non-hydrogen) atoms. The summed E-state index contributed by atoms with van der Waals surface area (Å²) in [7, 11) is 0. The first-order valence-electron chi connectivity index (χ1n) is 7.57. The van der Waals surface area contributed by atoms with Crippen LogP contribution in [0.4, 0.5) is 5.69 Å². The topological polar surface area (TPSA) is 90.7 Å². The summed E-state index contributed by atoms with van der Waals surface area (Å²) in [6.45, 7) is 0.634. The highest BCUT2D eigenvalue weighted by Crippen LogP contribution is 2.19. The molecule has 0 atom stereocenters. The second-order valence-corrected chi connectivity index (χ2v) is 5.49. The Morgan fingerprint density at radius 3 is 2.56 bits per heavy atom. The van der Waals surface area contributed by atoms with Gasteiger partial charge in [-0.1, -0.05) is 23.7 Å². The van der Waals surface area contributed by atoms with Crippen LogP contribution in [0, 0.1) is 10.1 Å². The molecule has 1 amide bonds. The van der Waals surface area contributed by atoms with Crippen molar-refractivity contribution in [2.24, 2.45) is 0 Å². The fraction of sp³-hybridized carbons (Fsp3) is 0.235. The van der Waals surface area contributed by atoms with Crippen LogP contribution in [0.5, 0.6) is 11.5 Å². The van der Waals surface area contributed by atoms with Crippen molar-refractivity contribution >= 4 is 23.2 Å². The van der Waals surface area contributed by atoms with Crippen LogP contribution < -0.4 is 14.8 Å². The van der Waals surface area contributed by atoms with E-state index in [1.54, 1.807) is 36.4 Å². The number of nitrogens with zero attached hydrogens (tertiary/aromatic N) is 1. The SMILES string of the molecule is O=C(COc1cccc(Cl)c1)NCCCOc1cccc([N+](=O)[O-])c1. The maximum atomic E-state index is 11.7. The molecule has 0 heterocycles. The van der Waals surface area contributed by atoms with Gasteiger partial charge in [-0.05, 0) is 30.7 Å². The molecule has 8 heteroatoms. The summed E-state index contributed by atoms with van der Waals surface area (Å²) in [5.74, 6) is 0.691. The number of halogens is 1. The lowest BCUT2D eigenvalue weighted by Gasteiger charge is -2.08. The van der Waals surface area contributed by atoms with Crippen LogP contribution in [0.1, 0.15) is 6.42 Å². The van der Waals surface area contributed by atoms with Gasteiger partial charge in [-0.25, -0.2) is 0 Å². The van der Waals surface area contributed by atoms with Gasteiger partial charge in [0.1, 0.15) is 11.5 Å². The minimum atomic E-state index is -0.479. The van der Waals surface area contributed by atoms with Crippen molar-refractivity contribution in [3.05, 3.63) is 63.7 Å². The van der Waals surface area contributed by atoms with Gasteiger partial charge in [0.15, 0.2) is 6.61 Å². The second kappa shape index (κ2) is 9.48. The van der Waals surface area contributed by atoms with Gasteiger partial charge in [0.2, 0.25) is 0 Å². The molecule has 7 nitrogen and oxygen atoms in total.